The molecule has 53 heavy (non-hydrogen) atoms. The minimum Gasteiger partial charge on any atom is -0.508 e. The Hall–Kier alpha value is -4.69. The number of esters is 2. The molecule has 0 bridgehead atoms. The van der Waals surface area contributed by atoms with Gasteiger partial charge in [-0.2, -0.15) is 0 Å². The van der Waals surface area contributed by atoms with Crippen molar-refractivity contribution in [2.75, 3.05) is 73.6 Å². The normalized spacial score (nSPS) is 19.7. The smallest absolute Gasteiger partial charge is 0.338 e. The second-order valence-corrected chi connectivity index (χ2v) is 13.1. The topological polar surface area (TPSA) is 159 Å². The van der Waals surface area contributed by atoms with Gasteiger partial charge in [-0.1, -0.05) is 0 Å². The van der Waals surface area contributed by atoms with Crippen LogP contribution < -0.4 is 9.47 Å². The molecule has 3 atom stereocenters. The number of phenols is 1. The SMILES string of the molecule is CCOC(=O)c1ccc(O)cc1.CCOC(=O)c1ccc(OC2CCN(C)C2)cc1.CN1CCC(O)C1.CN1CCC(Oc2ccc(C(=O)O)cc2)C1. The highest BCUT2D eigenvalue weighted by Crippen LogP contribution is 2.20. The lowest BCUT2D eigenvalue weighted by Crippen LogP contribution is -2.21. The largest absolute Gasteiger partial charge is 0.508 e. The first kappa shape index (κ1) is 42.7. The van der Waals surface area contributed by atoms with Gasteiger partial charge in [0.25, 0.3) is 0 Å². The number of aromatic carboxylic acids is 1. The minimum absolute atomic E-state index is 0.0509. The molecule has 3 heterocycles. The number of likely N-dealkylation sites (N-methyl/N-ethyl adjacent to an activating group) is 3. The summed E-state index contributed by atoms with van der Waals surface area (Å²) in [6.45, 7) is 10.2. The number of carbonyl (C=O) groups excluding carboxylic acids is 2. The van der Waals surface area contributed by atoms with Crippen molar-refractivity contribution in [2.24, 2.45) is 0 Å². The number of phenolic OH excluding ortho intramolecular Hbond substituents is 1. The summed E-state index contributed by atoms with van der Waals surface area (Å²) in [5.74, 6) is 0.131. The van der Waals surface area contributed by atoms with Gasteiger partial charge in [-0.05, 0) is 127 Å². The van der Waals surface area contributed by atoms with Crippen molar-refractivity contribution in [1.82, 2.24) is 14.7 Å². The van der Waals surface area contributed by atoms with Crippen LogP contribution in [-0.2, 0) is 9.47 Å². The van der Waals surface area contributed by atoms with Gasteiger partial charge in [0.15, 0.2) is 0 Å². The first-order chi connectivity index (χ1) is 25.4. The molecule has 3 aromatic carbocycles. The third-order valence-electron chi connectivity index (χ3n) is 8.51. The Morgan fingerprint density at radius 3 is 1.28 bits per heavy atom. The predicted molar refractivity (Wildman–Crippen MR) is 201 cm³/mol. The average molecular weight is 738 g/mol. The number of carbonyl (C=O) groups is 3. The standard InChI is InChI=1S/C14H19NO3.C12H15NO3.C9H10O3.C5H11NO/c1-3-17-14(16)11-4-6-12(7-5-11)18-13-8-9-15(2)10-13;1-13-7-6-11(8-13)16-10-4-2-9(3-5-10)12(14)15;1-2-12-9(11)7-3-5-8(10)6-4-7;1-6-3-2-5(7)4-6/h4-7,13H,3,8-10H2,1-2H3;2-5,11H,6-8H2,1H3,(H,14,15);3-6,10H,2H2,1H3;5,7H,2-4H2,1H3. The van der Waals surface area contributed by atoms with Crippen molar-refractivity contribution < 1.29 is 48.7 Å². The molecule has 0 amide bonds. The van der Waals surface area contributed by atoms with E-state index in [0.29, 0.717) is 24.3 Å². The van der Waals surface area contributed by atoms with Crippen LogP contribution in [0.5, 0.6) is 17.2 Å². The lowest BCUT2D eigenvalue weighted by atomic mass is 10.2. The number of nitrogens with zero attached hydrogens (tertiary/aromatic N) is 3. The molecule has 0 saturated carbocycles. The van der Waals surface area contributed by atoms with E-state index >= 15 is 0 Å². The zero-order valence-electron chi connectivity index (χ0n) is 31.5. The van der Waals surface area contributed by atoms with Crippen LogP contribution in [0.4, 0.5) is 0 Å². The molecule has 6 rings (SSSR count). The van der Waals surface area contributed by atoms with Crippen LogP contribution in [0.1, 0.15) is 64.2 Å². The van der Waals surface area contributed by atoms with Crippen LogP contribution in [0.15, 0.2) is 72.8 Å². The summed E-state index contributed by atoms with van der Waals surface area (Å²) in [4.78, 5) is 39.8. The summed E-state index contributed by atoms with van der Waals surface area (Å²) in [7, 11) is 6.18. The molecule has 3 aromatic rings. The van der Waals surface area contributed by atoms with Gasteiger partial charge in [0.2, 0.25) is 0 Å². The van der Waals surface area contributed by atoms with Gasteiger partial charge < -0.3 is 49.0 Å². The molecule has 0 radical (unpaired) electrons. The van der Waals surface area contributed by atoms with Gasteiger partial charge in [-0.25, -0.2) is 14.4 Å². The Morgan fingerprint density at radius 2 is 0.981 bits per heavy atom. The summed E-state index contributed by atoms with van der Waals surface area (Å²) >= 11 is 0. The van der Waals surface area contributed by atoms with Crippen LogP contribution in [-0.4, -0.2) is 140 Å². The van der Waals surface area contributed by atoms with Crippen molar-refractivity contribution in [3.63, 3.8) is 0 Å². The molecule has 3 fully saturated rings. The van der Waals surface area contributed by atoms with Gasteiger partial charge in [-0.3, -0.25) is 0 Å². The summed E-state index contributed by atoms with van der Waals surface area (Å²) < 4.78 is 21.3. The summed E-state index contributed by atoms with van der Waals surface area (Å²) in [5, 5.41) is 26.5. The van der Waals surface area contributed by atoms with Crippen molar-refractivity contribution >= 4 is 17.9 Å². The van der Waals surface area contributed by atoms with Crippen molar-refractivity contribution in [2.45, 2.75) is 51.4 Å². The van der Waals surface area contributed by atoms with Gasteiger partial charge in [0, 0.05) is 39.3 Å². The number of ether oxygens (including phenoxy) is 4. The first-order valence-electron chi connectivity index (χ1n) is 18.0. The molecule has 13 heteroatoms. The second kappa shape index (κ2) is 22.4. The molecule has 3 unspecified atom stereocenters. The predicted octanol–water partition coefficient (Wildman–Crippen LogP) is 4.67. The van der Waals surface area contributed by atoms with Crippen LogP contribution in [0.25, 0.3) is 0 Å². The highest BCUT2D eigenvalue weighted by molar-refractivity contribution is 5.90. The molecule has 3 aliphatic rings. The van der Waals surface area contributed by atoms with E-state index in [1.54, 1.807) is 50.2 Å². The Labute approximate surface area is 312 Å². The van der Waals surface area contributed by atoms with Crippen LogP contribution in [0.3, 0.4) is 0 Å². The number of aromatic hydroxyl groups is 1. The van der Waals surface area contributed by atoms with E-state index in [1.165, 1.54) is 24.3 Å². The molecule has 290 valence electrons. The first-order valence-corrected chi connectivity index (χ1v) is 18.0. The summed E-state index contributed by atoms with van der Waals surface area (Å²) in [6.07, 6.45) is 3.46. The Morgan fingerprint density at radius 1 is 0.604 bits per heavy atom. The Balaban J connectivity index is 0.000000199. The van der Waals surface area contributed by atoms with Gasteiger partial charge in [0.1, 0.15) is 29.5 Å². The van der Waals surface area contributed by atoms with Crippen LogP contribution in [0.2, 0.25) is 0 Å². The maximum absolute atomic E-state index is 11.5. The summed E-state index contributed by atoms with van der Waals surface area (Å²) in [5.41, 5.74) is 1.30. The number of rotatable bonds is 9. The lowest BCUT2D eigenvalue weighted by molar-refractivity contribution is 0.0516. The molecule has 3 N–H and O–H groups in total. The third-order valence-corrected chi connectivity index (χ3v) is 8.51. The number of aliphatic hydroxyl groups excluding tert-OH is 1. The monoisotopic (exact) mass is 737 g/mol. The number of benzene rings is 3. The minimum atomic E-state index is -0.910. The maximum Gasteiger partial charge on any atom is 0.338 e. The molecule has 0 spiro atoms. The lowest BCUT2D eigenvalue weighted by Gasteiger charge is -2.13. The molecule has 3 aliphatic heterocycles. The third kappa shape index (κ3) is 15.8. The second-order valence-electron chi connectivity index (χ2n) is 13.1. The highest BCUT2D eigenvalue weighted by Gasteiger charge is 2.22. The van der Waals surface area contributed by atoms with Gasteiger partial charge in [0.05, 0.1) is 36.0 Å². The number of aliphatic hydroxyl groups is 1. The summed E-state index contributed by atoms with van der Waals surface area (Å²) in [6, 6.07) is 19.6. The zero-order chi connectivity index (χ0) is 38.8. The molecular formula is C40H55N3O10. The quantitative estimate of drug-likeness (QED) is 0.261. The molecule has 0 aromatic heterocycles. The molecule has 3 saturated heterocycles. The average Bonchev–Trinajstić information content (AvgIpc) is 3.86. The zero-order valence-corrected chi connectivity index (χ0v) is 31.5. The van der Waals surface area contributed by atoms with Crippen LogP contribution >= 0.6 is 0 Å². The number of hydrogen-bond acceptors (Lipinski definition) is 12. The number of carboxylic acids is 1. The van der Waals surface area contributed by atoms with E-state index < -0.39 is 5.97 Å². The number of β-amino-alcohol motifs (C(OH)–C–C–N with tert-alkyl or cyclic N) is 1. The van der Waals surface area contributed by atoms with E-state index in [4.69, 9.17) is 34.3 Å². The van der Waals surface area contributed by atoms with Gasteiger partial charge >= 0.3 is 17.9 Å². The van der Waals surface area contributed by atoms with E-state index in [0.717, 1.165) is 70.0 Å². The van der Waals surface area contributed by atoms with Crippen LogP contribution in [0, 0.1) is 0 Å². The van der Waals surface area contributed by atoms with E-state index in [2.05, 4.69) is 28.8 Å². The fourth-order valence-corrected chi connectivity index (χ4v) is 5.65. The van der Waals surface area contributed by atoms with Gasteiger partial charge in [-0.15, -0.1) is 0 Å². The van der Waals surface area contributed by atoms with E-state index in [-0.39, 0.29) is 41.6 Å². The fourth-order valence-electron chi connectivity index (χ4n) is 5.65. The number of carboxylic acid groups (broad SMARTS) is 1. The van der Waals surface area contributed by atoms with Crippen molar-refractivity contribution in [1.29, 1.82) is 0 Å². The number of hydrogen-bond donors (Lipinski definition) is 3. The molecule has 0 aliphatic carbocycles. The van der Waals surface area contributed by atoms with Crippen molar-refractivity contribution in [3.05, 3.63) is 89.5 Å². The maximum atomic E-state index is 11.5. The Kier molecular flexibility index (Phi) is 18.1. The van der Waals surface area contributed by atoms with Crippen molar-refractivity contribution in [3.8, 4) is 17.2 Å². The highest BCUT2D eigenvalue weighted by atomic mass is 16.5. The fraction of sp³-hybridized carbons (Fsp3) is 0.475. The Bertz CT molecular complexity index is 1530. The van der Waals surface area contributed by atoms with E-state index in [9.17, 15) is 14.4 Å². The molecule has 13 nitrogen and oxygen atoms in total. The van der Waals surface area contributed by atoms with E-state index in [1.807, 2.05) is 19.2 Å². The molecular weight excluding hydrogens is 682 g/mol. The number of likely N-dealkylation sites (tertiary alicyclic amines) is 3.